The number of halogens is 1. The topological polar surface area (TPSA) is 75.6 Å². The van der Waals surface area contributed by atoms with Crippen molar-refractivity contribution in [1.82, 2.24) is 5.32 Å². The number of amides is 1. The summed E-state index contributed by atoms with van der Waals surface area (Å²) in [5.41, 5.74) is 0.566. The number of benzene rings is 1. The first-order chi connectivity index (χ1) is 9.06. The molecule has 1 saturated heterocycles. The van der Waals surface area contributed by atoms with Crippen LogP contribution in [0.3, 0.4) is 0 Å². The highest BCUT2D eigenvalue weighted by Crippen LogP contribution is 2.19. The second kappa shape index (κ2) is 6.16. The molecule has 5 nitrogen and oxygen atoms in total. The van der Waals surface area contributed by atoms with Gasteiger partial charge in [-0.2, -0.15) is 0 Å². The maximum Gasteiger partial charge on any atom is 0.332 e. The summed E-state index contributed by atoms with van der Waals surface area (Å²) < 4.78 is 6.22. The molecular weight excluding hydrogens is 314 g/mol. The maximum atomic E-state index is 11.8. The van der Waals surface area contributed by atoms with E-state index in [0.29, 0.717) is 24.9 Å². The number of carboxylic acids is 1. The highest BCUT2D eigenvalue weighted by Gasteiger charge is 2.30. The Balaban J connectivity index is 1.81. The van der Waals surface area contributed by atoms with Crippen molar-refractivity contribution in [1.29, 1.82) is 0 Å². The van der Waals surface area contributed by atoms with E-state index >= 15 is 0 Å². The molecule has 2 unspecified atom stereocenters. The van der Waals surface area contributed by atoms with Gasteiger partial charge in [-0.05, 0) is 37.1 Å². The first-order valence-corrected chi connectivity index (χ1v) is 6.77. The fraction of sp³-hybridized carbons (Fsp3) is 0.385. The van der Waals surface area contributed by atoms with Crippen LogP contribution in [0.5, 0.6) is 0 Å². The van der Waals surface area contributed by atoms with E-state index in [1.165, 1.54) is 0 Å². The number of hydrogen-bond donors (Lipinski definition) is 2. The Morgan fingerprint density at radius 1 is 1.32 bits per heavy atom. The molecule has 0 bridgehead atoms. The second-order valence-corrected chi connectivity index (χ2v) is 5.29. The normalized spacial score (nSPS) is 22.2. The Morgan fingerprint density at radius 3 is 2.58 bits per heavy atom. The molecule has 0 spiro atoms. The molecule has 1 aromatic carbocycles. The van der Waals surface area contributed by atoms with Gasteiger partial charge in [0.2, 0.25) is 0 Å². The van der Waals surface area contributed by atoms with Gasteiger partial charge >= 0.3 is 5.97 Å². The lowest BCUT2D eigenvalue weighted by Gasteiger charge is -2.12. The molecule has 1 aliphatic heterocycles. The Bertz CT molecular complexity index is 474. The van der Waals surface area contributed by atoms with Gasteiger partial charge in [-0.3, -0.25) is 4.79 Å². The molecule has 0 aromatic heterocycles. The van der Waals surface area contributed by atoms with Gasteiger partial charge in [-0.15, -0.1) is 0 Å². The predicted octanol–water partition coefficient (Wildman–Crippen LogP) is 1.81. The number of ether oxygens (including phenoxy) is 1. The lowest BCUT2D eigenvalue weighted by Crippen LogP contribution is -2.33. The minimum Gasteiger partial charge on any atom is -0.479 e. The van der Waals surface area contributed by atoms with Crippen LogP contribution in [0.25, 0.3) is 0 Å². The molecule has 1 heterocycles. The molecule has 2 atom stereocenters. The van der Waals surface area contributed by atoms with Crippen molar-refractivity contribution in [3.63, 3.8) is 0 Å². The quantitative estimate of drug-likeness (QED) is 0.884. The van der Waals surface area contributed by atoms with Gasteiger partial charge in [-0.1, -0.05) is 15.9 Å². The predicted molar refractivity (Wildman–Crippen MR) is 72.0 cm³/mol. The van der Waals surface area contributed by atoms with E-state index in [0.717, 1.165) is 4.47 Å². The third kappa shape index (κ3) is 3.78. The monoisotopic (exact) mass is 327 g/mol. The number of aliphatic carboxylic acids is 1. The number of nitrogens with one attached hydrogen (secondary N) is 1. The highest BCUT2D eigenvalue weighted by atomic mass is 79.9. The van der Waals surface area contributed by atoms with Crippen LogP contribution < -0.4 is 5.32 Å². The molecule has 19 heavy (non-hydrogen) atoms. The van der Waals surface area contributed by atoms with Gasteiger partial charge in [-0.25, -0.2) is 4.79 Å². The average Bonchev–Trinajstić information content (AvgIpc) is 2.86. The molecule has 0 saturated carbocycles. The minimum atomic E-state index is -0.943. The lowest BCUT2D eigenvalue weighted by atomic mass is 10.2. The van der Waals surface area contributed by atoms with Gasteiger partial charge in [0.1, 0.15) is 0 Å². The summed E-state index contributed by atoms with van der Waals surface area (Å²) in [7, 11) is 0. The molecular formula is C13H14BrNO4. The van der Waals surface area contributed by atoms with Crippen LogP contribution in [-0.4, -0.2) is 35.7 Å². The molecule has 102 valence electrons. The molecule has 1 aromatic rings. The van der Waals surface area contributed by atoms with E-state index in [-0.39, 0.29) is 12.0 Å². The zero-order chi connectivity index (χ0) is 13.8. The van der Waals surface area contributed by atoms with Crippen LogP contribution in [0.4, 0.5) is 0 Å². The van der Waals surface area contributed by atoms with Crippen molar-refractivity contribution in [2.75, 3.05) is 6.54 Å². The summed E-state index contributed by atoms with van der Waals surface area (Å²) in [6, 6.07) is 7.02. The fourth-order valence-corrected chi connectivity index (χ4v) is 2.21. The molecule has 0 aliphatic carbocycles. The molecule has 0 radical (unpaired) electrons. The van der Waals surface area contributed by atoms with Crippen molar-refractivity contribution in [2.45, 2.75) is 25.0 Å². The molecule has 6 heteroatoms. The van der Waals surface area contributed by atoms with Gasteiger partial charge in [0.25, 0.3) is 5.91 Å². The second-order valence-electron chi connectivity index (χ2n) is 4.38. The van der Waals surface area contributed by atoms with Crippen LogP contribution in [0.15, 0.2) is 28.7 Å². The van der Waals surface area contributed by atoms with E-state index in [1.54, 1.807) is 24.3 Å². The molecule has 1 aliphatic rings. The molecule has 1 amide bonds. The average molecular weight is 328 g/mol. The first kappa shape index (κ1) is 14.0. The van der Waals surface area contributed by atoms with Gasteiger partial charge in [0.05, 0.1) is 6.10 Å². The third-order valence-electron chi connectivity index (χ3n) is 2.98. The lowest BCUT2D eigenvalue weighted by molar-refractivity contribution is -0.149. The number of carbonyl (C=O) groups is 2. The Labute approximate surface area is 119 Å². The van der Waals surface area contributed by atoms with Crippen molar-refractivity contribution in [2.24, 2.45) is 0 Å². The number of rotatable bonds is 4. The van der Waals surface area contributed by atoms with Crippen molar-refractivity contribution in [3.05, 3.63) is 34.3 Å². The van der Waals surface area contributed by atoms with Gasteiger partial charge in [0, 0.05) is 16.6 Å². The Morgan fingerprint density at radius 2 is 2.00 bits per heavy atom. The SMILES string of the molecule is O=C(NCC1CCC(C(=O)O)O1)c1ccc(Br)cc1. The summed E-state index contributed by atoms with van der Waals surface area (Å²) in [6.45, 7) is 0.332. The van der Waals surface area contributed by atoms with E-state index < -0.39 is 12.1 Å². The number of hydrogen-bond acceptors (Lipinski definition) is 3. The van der Waals surface area contributed by atoms with Crippen LogP contribution in [0.1, 0.15) is 23.2 Å². The van der Waals surface area contributed by atoms with E-state index in [9.17, 15) is 9.59 Å². The summed E-state index contributed by atoms with van der Waals surface area (Å²) in [4.78, 5) is 22.6. The Hall–Kier alpha value is -1.40. The Kier molecular flexibility index (Phi) is 4.55. The smallest absolute Gasteiger partial charge is 0.332 e. The fourth-order valence-electron chi connectivity index (χ4n) is 1.95. The van der Waals surface area contributed by atoms with Gasteiger partial charge in [0.15, 0.2) is 6.10 Å². The number of carboxylic acid groups (broad SMARTS) is 1. The van der Waals surface area contributed by atoms with E-state index in [2.05, 4.69) is 21.2 Å². The zero-order valence-corrected chi connectivity index (χ0v) is 11.7. The largest absolute Gasteiger partial charge is 0.479 e. The van der Waals surface area contributed by atoms with Crippen LogP contribution >= 0.6 is 15.9 Å². The highest BCUT2D eigenvalue weighted by molar-refractivity contribution is 9.10. The summed E-state index contributed by atoms with van der Waals surface area (Å²) in [6.07, 6.45) is 0.182. The minimum absolute atomic E-state index is 0.185. The molecule has 2 N–H and O–H groups in total. The maximum absolute atomic E-state index is 11.8. The summed E-state index contributed by atoms with van der Waals surface area (Å²) >= 11 is 3.30. The number of carbonyl (C=O) groups excluding carboxylic acids is 1. The van der Waals surface area contributed by atoms with Gasteiger partial charge < -0.3 is 15.2 Å². The van der Waals surface area contributed by atoms with Crippen molar-refractivity contribution >= 4 is 27.8 Å². The third-order valence-corrected chi connectivity index (χ3v) is 3.51. The molecule has 2 rings (SSSR count). The van der Waals surface area contributed by atoms with Crippen molar-refractivity contribution in [3.8, 4) is 0 Å². The van der Waals surface area contributed by atoms with Crippen LogP contribution in [-0.2, 0) is 9.53 Å². The van der Waals surface area contributed by atoms with Crippen LogP contribution in [0, 0.1) is 0 Å². The summed E-state index contributed by atoms with van der Waals surface area (Å²) in [5.74, 6) is -1.13. The zero-order valence-electron chi connectivity index (χ0n) is 10.1. The van der Waals surface area contributed by atoms with E-state index in [4.69, 9.17) is 9.84 Å². The first-order valence-electron chi connectivity index (χ1n) is 5.98. The standard InChI is InChI=1S/C13H14BrNO4/c14-9-3-1-8(2-4-9)12(16)15-7-10-5-6-11(19-10)13(17)18/h1-4,10-11H,5-7H2,(H,15,16)(H,17,18). The molecule has 1 fully saturated rings. The van der Waals surface area contributed by atoms with Crippen molar-refractivity contribution < 1.29 is 19.4 Å². The van der Waals surface area contributed by atoms with E-state index in [1.807, 2.05) is 0 Å². The van der Waals surface area contributed by atoms with Crippen LogP contribution in [0.2, 0.25) is 0 Å². The summed E-state index contributed by atoms with van der Waals surface area (Å²) in [5, 5.41) is 11.5.